The van der Waals surface area contributed by atoms with Crippen LogP contribution in [0.15, 0.2) is 58.3 Å². The number of hydrogen-bond acceptors (Lipinski definition) is 4. The van der Waals surface area contributed by atoms with E-state index in [4.69, 9.17) is 0 Å². The van der Waals surface area contributed by atoms with E-state index in [2.05, 4.69) is 12.1 Å². The summed E-state index contributed by atoms with van der Waals surface area (Å²) in [7, 11) is 0. The minimum Gasteiger partial charge on any atom is -0.287 e. The number of thioether (sulfide) groups is 2. The maximum Gasteiger partial charge on any atom is 0.190 e. The first-order chi connectivity index (χ1) is 10.5. The molecule has 0 aliphatic rings. The van der Waals surface area contributed by atoms with Gasteiger partial charge in [-0.2, -0.15) is 0 Å². The third kappa shape index (κ3) is 3.34. The Morgan fingerprint density at radius 1 is 0.636 bits per heavy atom. The van der Waals surface area contributed by atoms with Crippen molar-refractivity contribution in [2.75, 3.05) is 0 Å². The second-order valence-corrected chi connectivity index (χ2v) is 7.56. The van der Waals surface area contributed by atoms with E-state index < -0.39 is 0 Å². The van der Waals surface area contributed by atoms with Crippen LogP contribution < -0.4 is 0 Å². The third-order valence-corrected chi connectivity index (χ3v) is 4.82. The van der Waals surface area contributed by atoms with Crippen LogP contribution >= 0.6 is 23.5 Å². The molecule has 0 spiro atoms. The number of hydrogen-bond donors (Lipinski definition) is 0. The molecule has 2 nitrogen and oxygen atoms in total. The second kappa shape index (κ2) is 6.15. The van der Waals surface area contributed by atoms with Gasteiger partial charge in [0.1, 0.15) is 0 Å². The molecule has 110 valence electrons. The van der Waals surface area contributed by atoms with E-state index in [1.165, 1.54) is 23.5 Å². The van der Waals surface area contributed by atoms with Crippen molar-refractivity contribution in [1.82, 2.24) is 0 Å². The lowest BCUT2D eigenvalue weighted by Gasteiger charge is -2.06. The lowest BCUT2D eigenvalue weighted by Crippen LogP contribution is -1.84. The number of fused-ring (bicyclic) bond motifs is 2. The molecule has 0 aromatic heterocycles. The molecule has 0 fully saturated rings. The fraction of sp³-hybridized carbons (Fsp3) is 0.111. The van der Waals surface area contributed by atoms with Crippen LogP contribution in [0.2, 0.25) is 0 Å². The molecule has 3 aromatic rings. The predicted molar refractivity (Wildman–Crippen MR) is 94.5 cm³/mol. The molecule has 0 bridgehead atoms. The van der Waals surface area contributed by atoms with Gasteiger partial charge >= 0.3 is 0 Å². The van der Waals surface area contributed by atoms with Crippen LogP contribution in [0.1, 0.15) is 13.8 Å². The van der Waals surface area contributed by atoms with Crippen molar-refractivity contribution in [3.63, 3.8) is 0 Å². The Morgan fingerprint density at radius 2 is 1.05 bits per heavy atom. The summed E-state index contributed by atoms with van der Waals surface area (Å²) in [6, 6.07) is 16.3. The second-order valence-electron chi connectivity index (χ2n) is 5.06. The molecule has 0 aliphatic heterocycles. The average molecular weight is 326 g/mol. The van der Waals surface area contributed by atoms with Gasteiger partial charge in [0.15, 0.2) is 10.2 Å². The molecule has 0 aliphatic carbocycles. The summed E-state index contributed by atoms with van der Waals surface area (Å²) in [6.07, 6.45) is 0. The van der Waals surface area contributed by atoms with Gasteiger partial charge in [0, 0.05) is 23.6 Å². The fourth-order valence-electron chi connectivity index (χ4n) is 2.41. The van der Waals surface area contributed by atoms with Crippen LogP contribution in [0.5, 0.6) is 0 Å². The van der Waals surface area contributed by atoms with Crippen molar-refractivity contribution < 1.29 is 9.59 Å². The highest BCUT2D eigenvalue weighted by molar-refractivity contribution is 8.13. The van der Waals surface area contributed by atoms with Crippen molar-refractivity contribution in [2.45, 2.75) is 23.6 Å². The molecule has 0 heterocycles. The zero-order valence-corrected chi connectivity index (χ0v) is 13.9. The van der Waals surface area contributed by atoms with Gasteiger partial charge < -0.3 is 0 Å². The molecular weight excluding hydrogens is 312 g/mol. The third-order valence-electron chi connectivity index (χ3n) is 3.26. The van der Waals surface area contributed by atoms with Crippen LogP contribution in [-0.2, 0) is 9.59 Å². The Balaban J connectivity index is 2.08. The SMILES string of the molecule is CC(=O)Sc1ccc2cc3cc(SC(C)=O)ccc3cc2c1. The predicted octanol–water partition coefficient (Wildman–Crippen LogP) is 5.27. The first-order valence-electron chi connectivity index (χ1n) is 6.86. The van der Waals surface area contributed by atoms with E-state index in [1.54, 1.807) is 13.8 Å². The summed E-state index contributed by atoms with van der Waals surface area (Å²) in [5.74, 6) is 0. The van der Waals surface area contributed by atoms with E-state index in [1.807, 2.05) is 36.4 Å². The lowest BCUT2D eigenvalue weighted by molar-refractivity contribution is -0.109. The minimum atomic E-state index is 0.0889. The molecule has 0 atom stereocenters. The zero-order valence-electron chi connectivity index (χ0n) is 12.3. The number of carbonyl (C=O) groups is 2. The van der Waals surface area contributed by atoms with Crippen LogP contribution in [0.3, 0.4) is 0 Å². The normalized spacial score (nSPS) is 11.0. The summed E-state index contributed by atoms with van der Waals surface area (Å²) in [5.41, 5.74) is 0. The summed E-state index contributed by atoms with van der Waals surface area (Å²) >= 11 is 2.50. The van der Waals surface area contributed by atoms with Gasteiger partial charge in [-0.05, 0) is 57.9 Å². The van der Waals surface area contributed by atoms with Crippen LogP contribution in [-0.4, -0.2) is 10.2 Å². The van der Waals surface area contributed by atoms with Gasteiger partial charge in [-0.3, -0.25) is 9.59 Å². The fourth-order valence-corrected chi connectivity index (χ4v) is 3.72. The Kier molecular flexibility index (Phi) is 4.23. The number of rotatable bonds is 2. The highest BCUT2D eigenvalue weighted by atomic mass is 32.2. The lowest BCUT2D eigenvalue weighted by atomic mass is 10.0. The molecule has 3 aromatic carbocycles. The van der Waals surface area contributed by atoms with Crippen LogP contribution in [0.4, 0.5) is 0 Å². The maximum absolute atomic E-state index is 11.2. The van der Waals surface area contributed by atoms with Crippen molar-refractivity contribution in [2.24, 2.45) is 0 Å². The topological polar surface area (TPSA) is 34.1 Å². The van der Waals surface area contributed by atoms with Gasteiger partial charge in [-0.1, -0.05) is 35.7 Å². The summed E-state index contributed by atoms with van der Waals surface area (Å²) < 4.78 is 0. The highest BCUT2D eigenvalue weighted by Crippen LogP contribution is 2.30. The standard InChI is InChI=1S/C18H14O2S2/c1-11(19)21-17-5-3-13-8-16-10-18(22-12(2)20)6-4-14(16)7-15(13)9-17/h3-10H,1-2H3. The van der Waals surface area contributed by atoms with E-state index in [0.29, 0.717) is 0 Å². The Labute approximate surface area is 137 Å². The highest BCUT2D eigenvalue weighted by Gasteiger charge is 2.04. The molecule has 22 heavy (non-hydrogen) atoms. The van der Waals surface area contributed by atoms with Gasteiger partial charge in [0.25, 0.3) is 0 Å². The molecule has 0 unspecified atom stereocenters. The molecule has 0 radical (unpaired) electrons. The first-order valence-corrected chi connectivity index (χ1v) is 8.49. The van der Waals surface area contributed by atoms with Crippen LogP contribution in [0.25, 0.3) is 21.5 Å². The Hall–Kier alpha value is -1.78. The summed E-state index contributed by atoms with van der Waals surface area (Å²) in [5, 5.41) is 4.67. The Bertz CT molecular complexity index is 825. The summed E-state index contributed by atoms with van der Waals surface area (Å²) in [6.45, 7) is 3.15. The molecule has 0 saturated carbocycles. The average Bonchev–Trinajstić information content (AvgIpc) is 2.44. The molecule has 3 rings (SSSR count). The van der Waals surface area contributed by atoms with Gasteiger partial charge in [0.05, 0.1) is 0 Å². The molecule has 0 amide bonds. The van der Waals surface area contributed by atoms with Gasteiger partial charge in [0.2, 0.25) is 0 Å². The zero-order chi connectivity index (χ0) is 15.7. The van der Waals surface area contributed by atoms with Crippen molar-refractivity contribution in [1.29, 1.82) is 0 Å². The molecule has 4 heteroatoms. The molecule has 0 saturated heterocycles. The van der Waals surface area contributed by atoms with Crippen LogP contribution in [0, 0.1) is 0 Å². The molecule has 0 N–H and O–H groups in total. The van der Waals surface area contributed by atoms with Crippen molar-refractivity contribution in [3.05, 3.63) is 48.5 Å². The quantitative estimate of drug-likeness (QED) is 0.474. The van der Waals surface area contributed by atoms with E-state index >= 15 is 0 Å². The van der Waals surface area contributed by atoms with Crippen molar-refractivity contribution in [3.8, 4) is 0 Å². The first kappa shape index (κ1) is 15.1. The van der Waals surface area contributed by atoms with Gasteiger partial charge in [-0.15, -0.1) is 0 Å². The maximum atomic E-state index is 11.2. The smallest absolute Gasteiger partial charge is 0.190 e. The summed E-state index contributed by atoms with van der Waals surface area (Å²) in [4.78, 5) is 24.4. The Morgan fingerprint density at radius 3 is 1.41 bits per heavy atom. The minimum absolute atomic E-state index is 0.0889. The number of benzene rings is 3. The largest absolute Gasteiger partial charge is 0.287 e. The van der Waals surface area contributed by atoms with E-state index in [-0.39, 0.29) is 10.2 Å². The number of carbonyl (C=O) groups excluding carboxylic acids is 2. The monoisotopic (exact) mass is 326 g/mol. The van der Waals surface area contributed by atoms with Gasteiger partial charge in [-0.25, -0.2) is 0 Å². The van der Waals surface area contributed by atoms with E-state index in [0.717, 1.165) is 31.3 Å². The van der Waals surface area contributed by atoms with Crippen molar-refractivity contribution >= 4 is 55.3 Å². The van der Waals surface area contributed by atoms with E-state index in [9.17, 15) is 9.59 Å². The molecular formula is C18H14O2S2.